The van der Waals surface area contributed by atoms with E-state index in [1.807, 2.05) is 6.07 Å². The average Bonchev–Trinajstić information content (AvgIpc) is 2.68. The molecule has 2 rings (SSSR count). The van der Waals surface area contributed by atoms with Crippen LogP contribution in [0.1, 0.15) is 13.3 Å². The van der Waals surface area contributed by atoms with Crippen molar-refractivity contribution in [3.63, 3.8) is 0 Å². The van der Waals surface area contributed by atoms with Gasteiger partial charge in [0.1, 0.15) is 0 Å². The van der Waals surface area contributed by atoms with Gasteiger partial charge in [-0.1, -0.05) is 25.1 Å². The van der Waals surface area contributed by atoms with Gasteiger partial charge in [0.15, 0.2) is 0 Å². The molecule has 1 unspecified atom stereocenters. The number of fused-ring (bicyclic) bond motifs is 1. The Morgan fingerprint density at radius 1 is 1.40 bits per heavy atom. The van der Waals surface area contributed by atoms with E-state index in [0.717, 1.165) is 12.2 Å². The Hall–Kier alpha value is -0.930. The summed E-state index contributed by atoms with van der Waals surface area (Å²) in [6, 6.07) is 10.8. The molecule has 1 heterocycles. The molecule has 0 saturated heterocycles. The summed E-state index contributed by atoms with van der Waals surface area (Å²) in [5, 5.41) is 2.48. The largest absolute Gasteiger partial charge is 0.350 e. The number of aromatic amines is 1. The highest BCUT2D eigenvalue weighted by atomic mass is 32.2. The summed E-state index contributed by atoms with van der Waals surface area (Å²) in [6.07, 6.45) is 1.03. The van der Waals surface area contributed by atoms with Crippen LogP contribution in [0.4, 0.5) is 0 Å². The molecule has 0 amide bonds. The van der Waals surface area contributed by atoms with Crippen molar-refractivity contribution in [2.24, 2.45) is 5.73 Å². The third-order valence-corrected chi connectivity index (χ3v) is 3.61. The van der Waals surface area contributed by atoms with E-state index < -0.39 is 0 Å². The maximum atomic E-state index is 5.88. The normalized spacial score (nSPS) is 13.2. The zero-order valence-electron chi connectivity index (χ0n) is 8.86. The molecule has 0 bridgehead atoms. The van der Waals surface area contributed by atoms with Gasteiger partial charge in [0.25, 0.3) is 0 Å². The van der Waals surface area contributed by atoms with E-state index in [1.165, 1.54) is 15.9 Å². The predicted octanol–water partition coefficient (Wildman–Crippen LogP) is 3.00. The van der Waals surface area contributed by atoms with Crippen LogP contribution < -0.4 is 5.73 Å². The molecule has 2 nitrogen and oxygen atoms in total. The quantitative estimate of drug-likeness (QED) is 0.778. The van der Waals surface area contributed by atoms with Gasteiger partial charge in [-0.15, -0.1) is 11.8 Å². The number of thioether (sulfide) groups is 1. The minimum Gasteiger partial charge on any atom is -0.350 e. The van der Waals surface area contributed by atoms with Gasteiger partial charge in [-0.25, -0.2) is 0 Å². The molecular formula is C12H16N2S. The summed E-state index contributed by atoms with van der Waals surface area (Å²) in [5.41, 5.74) is 7.08. The fourth-order valence-corrected chi connectivity index (χ4v) is 2.46. The van der Waals surface area contributed by atoms with Gasteiger partial charge < -0.3 is 10.7 Å². The van der Waals surface area contributed by atoms with Crippen molar-refractivity contribution in [3.8, 4) is 0 Å². The van der Waals surface area contributed by atoms with Crippen LogP contribution >= 0.6 is 11.8 Å². The summed E-state index contributed by atoms with van der Waals surface area (Å²) < 4.78 is 0. The molecule has 0 aliphatic rings. The van der Waals surface area contributed by atoms with Crippen LogP contribution in [-0.4, -0.2) is 16.8 Å². The maximum Gasteiger partial charge on any atom is 0.0733 e. The Bertz CT molecular complexity index is 403. The Morgan fingerprint density at radius 3 is 2.93 bits per heavy atom. The highest BCUT2D eigenvalue weighted by molar-refractivity contribution is 7.99. The van der Waals surface area contributed by atoms with Crippen molar-refractivity contribution in [1.82, 2.24) is 4.98 Å². The summed E-state index contributed by atoms with van der Waals surface area (Å²) in [6.45, 7) is 2.12. The number of H-pyrrole nitrogens is 1. The second-order valence-electron chi connectivity index (χ2n) is 3.70. The highest BCUT2D eigenvalue weighted by Crippen LogP contribution is 2.23. The van der Waals surface area contributed by atoms with Crippen molar-refractivity contribution in [3.05, 3.63) is 30.3 Å². The molecule has 0 radical (unpaired) electrons. The second kappa shape index (κ2) is 4.73. The molecule has 0 spiro atoms. The van der Waals surface area contributed by atoms with Gasteiger partial charge in [0.05, 0.1) is 5.03 Å². The number of para-hydroxylation sites is 1. The number of benzene rings is 1. The number of nitrogens with one attached hydrogen (secondary N) is 1. The number of aromatic nitrogens is 1. The molecule has 0 aliphatic heterocycles. The van der Waals surface area contributed by atoms with Crippen LogP contribution in [0.15, 0.2) is 35.4 Å². The van der Waals surface area contributed by atoms with Crippen LogP contribution in [0.3, 0.4) is 0 Å². The van der Waals surface area contributed by atoms with Crippen molar-refractivity contribution in [1.29, 1.82) is 0 Å². The molecule has 0 saturated carbocycles. The fourth-order valence-electron chi connectivity index (χ4n) is 1.44. The van der Waals surface area contributed by atoms with Gasteiger partial charge in [-0.3, -0.25) is 0 Å². The molecule has 0 fully saturated rings. The van der Waals surface area contributed by atoms with Gasteiger partial charge >= 0.3 is 0 Å². The Kier molecular flexibility index (Phi) is 3.34. The van der Waals surface area contributed by atoms with E-state index in [4.69, 9.17) is 5.73 Å². The first-order chi connectivity index (χ1) is 7.29. The molecule has 2 aromatic rings. The minimum atomic E-state index is 0.293. The lowest BCUT2D eigenvalue weighted by Crippen LogP contribution is -2.21. The lowest BCUT2D eigenvalue weighted by molar-refractivity contribution is 0.724. The summed E-state index contributed by atoms with van der Waals surface area (Å²) >= 11 is 1.80. The molecule has 80 valence electrons. The SMILES string of the molecule is CCC(N)CSc1cc2ccccc2[nH]1. The van der Waals surface area contributed by atoms with Crippen LogP contribution in [-0.2, 0) is 0 Å². The third kappa shape index (κ3) is 2.55. The molecule has 15 heavy (non-hydrogen) atoms. The molecule has 1 aromatic heterocycles. The van der Waals surface area contributed by atoms with Crippen molar-refractivity contribution in [2.75, 3.05) is 5.75 Å². The third-order valence-electron chi connectivity index (χ3n) is 2.48. The summed E-state index contributed by atoms with van der Waals surface area (Å²) in [7, 11) is 0. The average molecular weight is 220 g/mol. The van der Waals surface area contributed by atoms with Crippen LogP contribution in [0, 0.1) is 0 Å². The second-order valence-corrected chi connectivity index (χ2v) is 4.76. The van der Waals surface area contributed by atoms with E-state index in [1.54, 1.807) is 11.8 Å². The molecule has 0 aliphatic carbocycles. The van der Waals surface area contributed by atoms with Crippen molar-refractivity contribution < 1.29 is 0 Å². The van der Waals surface area contributed by atoms with Crippen molar-refractivity contribution >= 4 is 22.7 Å². The Morgan fingerprint density at radius 2 is 2.20 bits per heavy atom. The lowest BCUT2D eigenvalue weighted by Gasteiger charge is -2.05. The highest BCUT2D eigenvalue weighted by Gasteiger charge is 2.03. The maximum absolute atomic E-state index is 5.88. The van der Waals surface area contributed by atoms with Crippen LogP contribution in [0.5, 0.6) is 0 Å². The molecular weight excluding hydrogens is 204 g/mol. The zero-order chi connectivity index (χ0) is 10.7. The van der Waals surface area contributed by atoms with E-state index >= 15 is 0 Å². The fraction of sp³-hybridized carbons (Fsp3) is 0.333. The van der Waals surface area contributed by atoms with Crippen LogP contribution in [0.2, 0.25) is 0 Å². The predicted molar refractivity (Wildman–Crippen MR) is 67.3 cm³/mol. The van der Waals surface area contributed by atoms with Gasteiger partial charge in [-0.05, 0) is 18.6 Å². The standard InChI is InChI=1S/C12H16N2S/c1-2-10(13)8-15-12-7-9-5-3-4-6-11(9)14-12/h3-7,10,14H,2,8,13H2,1H3. The lowest BCUT2D eigenvalue weighted by atomic mass is 10.3. The molecule has 3 heteroatoms. The first-order valence-electron chi connectivity index (χ1n) is 5.25. The number of hydrogen-bond acceptors (Lipinski definition) is 2. The number of nitrogens with two attached hydrogens (primary N) is 1. The van der Waals surface area contributed by atoms with Crippen molar-refractivity contribution in [2.45, 2.75) is 24.4 Å². The first-order valence-corrected chi connectivity index (χ1v) is 6.24. The zero-order valence-corrected chi connectivity index (χ0v) is 9.68. The van der Waals surface area contributed by atoms with Gasteiger partial charge in [0.2, 0.25) is 0 Å². The van der Waals surface area contributed by atoms with Crippen LogP contribution in [0.25, 0.3) is 10.9 Å². The van der Waals surface area contributed by atoms with E-state index in [2.05, 4.69) is 36.2 Å². The summed E-state index contributed by atoms with van der Waals surface area (Å²) in [4.78, 5) is 3.38. The minimum absolute atomic E-state index is 0.293. The molecule has 1 aromatic carbocycles. The molecule has 3 N–H and O–H groups in total. The monoisotopic (exact) mass is 220 g/mol. The first kappa shape index (κ1) is 10.6. The topological polar surface area (TPSA) is 41.8 Å². The van der Waals surface area contributed by atoms with E-state index in [0.29, 0.717) is 6.04 Å². The number of rotatable bonds is 4. The molecule has 1 atom stereocenters. The Labute approximate surface area is 94.2 Å². The van der Waals surface area contributed by atoms with Gasteiger partial charge in [0, 0.05) is 22.7 Å². The summed E-state index contributed by atoms with van der Waals surface area (Å²) in [5.74, 6) is 0.976. The Balaban J connectivity index is 2.09. The van der Waals surface area contributed by atoms with E-state index in [-0.39, 0.29) is 0 Å². The van der Waals surface area contributed by atoms with E-state index in [9.17, 15) is 0 Å². The smallest absolute Gasteiger partial charge is 0.0733 e. The van der Waals surface area contributed by atoms with Gasteiger partial charge in [-0.2, -0.15) is 0 Å². The number of hydrogen-bond donors (Lipinski definition) is 2.